The van der Waals surface area contributed by atoms with Crippen LogP contribution in [0.1, 0.15) is 38.2 Å². The Morgan fingerprint density at radius 2 is 1.91 bits per heavy atom. The highest BCUT2D eigenvalue weighted by Crippen LogP contribution is 2.49. The summed E-state index contributed by atoms with van der Waals surface area (Å²) in [7, 11) is 0. The van der Waals surface area contributed by atoms with Crippen LogP contribution in [0.3, 0.4) is 0 Å². The van der Waals surface area contributed by atoms with Gasteiger partial charge in [0.15, 0.2) is 11.0 Å². The van der Waals surface area contributed by atoms with Gasteiger partial charge < -0.3 is 5.32 Å². The van der Waals surface area contributed by atoms with Gasteiger partial charge in [-0.3, -0.25) is 9.36 Å². The van der Waals surface area contributed by atoms with Crippen molar-refractivity contribution in [3.05, 3.63) is 66.0 Å². The summed E-state index contributed by atoms with van der Waals surface area (Å²) in [5.74, 6) is 2.97. The summed E-state index contributed by atoms with van der Waals surface area (Å²) < 4.78 is 15.4. The van der Waals surface area contributed by atoms with Crippen LogP contribution in [0.5, 0.6) is 0 Å². The highest BCUT2D eigenvalue weighted by Gasteiger charge is 2.42. The molecular formula is C26H29FN4OS. The molecule has 2 bridgehead atoms. The molecule has 2 aliphatic carbocycles. The van der Waals surface area contributed by atoms with E-state index in [2.05, 4.69) is 22.4 Å². The number of nitrogens with zero attached hydrogens (tertiary/aromatic N) is 3. The number of nitrogens with one attached hydrogen (secondary N) is 1. The molecule has 5 nitrogen and oxygen atoms in total. The lowest BCUT2D eigenvalue weighted by atomic mass is 9.84. The first-order valence-electron chi connectivity index (χ1n) is 11.7. The molecule has 1 N–H and O–H groups in total. The number of carbonyl (C=O) groups is 1. The second-order valence-electron chi connectivity index (χ2n) is 9.37. The van der Waals surface area contributed by atoms with Gasteiger partial charge >= 0.3 is 0 Å². The van der Waals surface area contributed by atoms with E-state index < -0.39 is 0 Å². The zero-order chi connectivity index (χ0) is 22.8. The van der Waals surface area contributed by atoms with Gasteiger partial charge in [0, 0.05) is 11.6 Å². The van der Waals surface area contributed by atoms with Crippen molar-refractivity contribution in [3.8, 4) is 11.4 Å². The van der Waals surface area contributed by atoms with Crippen LogP contribution in [0.25, 0.3) is 11.4 Å². The third-order valence-corrected chi connectivity index (χ3v) is 8.13. The summed E-state index contributed by atoms with van der Waals surface area (Å²) in [4.78, 5) is 12.7. The first-order valence-corrected chi connectivity index (χ1v) is 12.7. The van der Waals surface area contributed by atoms with E-state index in [9.17, 15) is 9.18 Å². The van der Waals surface area contributed by atoms with E-state index in [0.717, 1.165) is 23.0 Å². The molecule has 0 radical (unpaired) electrons. The van der Waals surface area contributed by atoms with Crippen LogP contribution in [-0.4, -0.2) is 32.5 Å². The quantitative estimate of drug-likeness (QED) is 0.468. The summed E-state index contributed by atoms with van der Waals surface area (Å²) >= 11 is 1.40. The molecule has 1 aromatic heterocycles. The van der Waals surface area contributed by atoms with Crippen molar-refractivity contribution in [2.75, 3.05) is 5.75 Å². The van der Waals surface area contributed by atoms with Crippen LogP contribution in [0.4, 0.5) is 4.39 Å². The minimum Gasteiger partial charge on any atom is -0.353 e. The molecule has 33 heavy (non-hydrogen) atoms. The largest absolute Gasteiger partial charge is 0.353 e. The smallest absolute Gasteiger partial charge is 0.230 e. The Labute approximate surface area is 198 Å². The van der Waals surface area contributed by atoms with E-state index in [1.165, 1.54) is 49.6 Å². The average Bonchev–Trinajstić information content (AvgIpc) is 3.55. The first-order chi connectivity index (χ1) is 16.1. The molecule has 3 aromatic rings. The molecule has 0 spiro atoms. The summed E-state index contributed by atoms with van der Waals surface area (Å²) in [6.45, 7) is 2.73. The lowest BCUT2D eigenvalue weighted by Gasteiger charge is -2.28. The normalized spacial score (nSPS) is 22.4. The minimum atomic E-state index is -0.288. The predicted octanol–water partition coefficient (Wildman–Crippen LogP) is 5.17. The molecule has 2 aliphatic rings. The number of hydrogen-bond donors (Lipinski definition) is 1. The number of thioether (sulfide) groups is 1. The van der Waals surface area contributed by atoms with Gasteiger partial charge in [0.25, 0.3) is 0 Å². The molecule has 4 unspecified atom stereocenters. The fourth-order valence-corrected chi connectivity index (χ4v) is 6.30. The maximum atomic E-state index is 13.4. The number of rotatable bonds is 8. The van der Waals surface area contributed by atoms with Gasteiger partial charge in [-0.25, -0.2) is 4.39 Å². The van der Waals surface area contributed by atoms with Crippen LogP contribution < -0.4 is 5.32 Å². The van der Waals surface area contributed by atoms with E-state index in [-0.39, 0.29) is 17.8 Å². The molecule has 0 saturated heterocycles. The fourth-order valence-electron chi connectivity index (χ4n) is 5.56. The second kappa shape index (κ2) is 9.67. The molecule has 2 aromatic carbocycles. The van der Waals surface area contributed by atoms with Crippen molar-refractivity contribution < 1.29 is 9.18 Å². The van der Waals surface area contributed by atoms with Gasteiger partial charge in [0.05, 0.1) is 12.3 Å². The van der Waals surface area contributed by atoms with Crippen LogP contribution in [-0.2, 0) is 11.3 Å². The molecule has 172 valence electrons. The lowest BCUT2D eigenvalue weighted by Crippen LogP contribution is -2.40. The fraction of sp³-hybridized carbons (Fsp3) is 0.423. The van der Waals surface area contributed by atoms with Crippen molar-refractivity contribution in [1.29, 1.82) is 0 Å². The summed E-state index contributed by atoms with van der Waals surface area (Å²) in [5.41, 5.74) is 1.90. The third-order valence-electron chi connectivity index (χ3n) is 7.16. The zero-order valence-electron chi connectivity index (χ0n) is 18.8. The van der Waals surface area contributed by atoms with E-state index in [1.807, 2.05) is 34.9 Å². The maximum absolute atomic E-state index is 13.4. The maximum Gasteiger partial charge on any atom is 0.230 e. The highest BCUT2D eigenvalue weighted by atomic mass is 32.2. The zero-order valence-corrected chi connectivity index (χ0v) is 19.6. The SMILES string of the molecule is CC(NC(=O)CSc1nnc(-c2ccc(F)cc2)n1Cc1ccccc1)C1CC2CCC1C2. The molecular weight excluding hydrogens is 435 g/mol. The van der Waals surface area contributed by atoms with Gasteiger partial charge in [-0.1, -0.05) is 48.5 Å². The average molecular weight is 465 g/mol. The van der Waals surface area contributed by atoms with Gasteiger partial charge in [-0.15, -0.1) is 10.2 Å². The minimum absolute atomic E-state index is 0.0351. The van der Waals surface area contributed by atoms with E-state index in [1.54, 1.807) is 12.1 Å². The van der Waals surface area contributed by atoms with Crippen molar-refractivity contribution in [3.63, 3.8) is 0 Å². The number of halogens is 1. The van der Waals surface area contributed by atoms with Crippen molar-refractivity contribution in [2.45, 2.75) is 50.4 Å². The molecule has 2 saturated carbocycles. The van der Waals surface area contributed by atoms with Crippen molar-refractivity contribution >= 4 is 17.7 Å². The Hall–Kier alpha value is -2.67. The van der Waals surface area contributed by atoms with E-state index in [4.69, 9.17) is 0 Å². The number of amides is 1. The second-order valence-corrected chi connectivity index (χ2v) is 10.3. The molecule has 7 heteroatoms. The van der Waals surface area contributed by atoms with Gasteiger partial charge in [-0.2, -0.15) is 0 Å². The van der Waals surface area contributed by atoms with E-state index >= 15 is 0 Å². The molecule has 0 aliphatic heterocycles. The molecule has 4 atom stereocenters. The van der Waals surface area contributed by atoms with Gasteiger partial charge in [-0.05, 0) is 73.8 Å². The summed E-state index contributed by atoms with van der Waals surface area (Å²) in [6, 6.07) is 16.5. The van der Waals surface area contributed by atoms with Crippen LogP contribution in [0.15, 0.2) is 59.8 Å². The molecule has 2 fully saturated rings. The van der Waals surface area contributed by atoms with Crippen LogP contribution in [0.2, 0.25) is 0 Å². The summed E-state index contributed by atoms with van der Waals surface area (Å²) in [6.07, 6.45) is 5.28. The monoisotopic (exact) mass is 464 g/mol. The Balaban J connectivity index is 1.28. The Morgan fingerprint density at radius 1 is 1.12 bits per heavy atom. The van der Waals surface area contributed by atoms with Gasteiger partial charge in [0.1, 0.15) is 5.82 Å². The van der Waals surface area contributed by atoms with Crippen molar-refractivity contribution in [1.82, 2.24) is 20.1 Å². The first kappa shape index (κ1) is 22.1. The highest BCUT2D eigenvalue weighted by molar-refractivity contribution is 7.99. The third kappa shape index (κ3) is 4.98. The number of fused-ring (bicyclic) bond motifs is 2. The summed E-state index contributed by atoms with van der Waals surface area (Å²) in [5, 5.41) is 12.7. The van der Waals surface area contributed by atoms with Crippen molar-refractivity contribution in [2.24, 2.45) is 17.8 Å². The molecule has 1 heterocycles. The van der Waals surface area contributed by atoms with Gasteiger partial charge in [0.2, 0.25) is 5.91 Å². The van der Waals surface area contributed by atoms with E-state index in [0.29, 0.717) is 29.2 Å². The predicted molar refractivity (Wildman–Crippen MR) is 128 cm³/mol. The number of carbonyl (C=O) groups excluding carboxylic acids is 1. The molecule has 5 rings (SSSR count). The standard InChI is InChI=1S/C26H29FN4OS/c1-17(23-14-19-7-8-21(23)13-19)28-24(32)16-33-26-30-29-25(20-9-11-22(27)12-10-20)31(26)15-18-5-3-2-4-6-18/h2-6,9-12,17,19,21,23H,7-8,13-16H2,1H3,(H,28,32). The molecule has 1 amide bonds. The van der Waals surface area contributed by atoms with Crippen LogP contribution in [0, 0.1) is 23.6 Å². The topological polar surface area (TPSA) is 59.8 Å². The van der Waals surface area contributed by atoms with Crippen LogP contribution >= 0.6 is 11.8 Å². The Kier molecular flexibility index (Phi) is 6.49. The Bertz CT molecular complexity index is 1100. The number of aromatic nitrogens is 3. The Morgan fingerprint density at radius 3 is 2.61 bits per heavy atom. The number of hydrogen-bond acceptors (Lipinski definition) is 4. The lowest BCUT2D eigenvalue weighted by molar-refractivity contribution is -0.119. The number of benzene rings is 2.